The number of benzene rings is 1. The molecule has 3 aromatic rings. The van der Waals surface area contributed by atoms with Gasteiger partial charge in [-0.1, -0.05) is 48.0 Å². The maximum absolute atomic E-state index is 5.84. The van der Waals surface area contributed by atoms with Crippen molar-refractivity contribution in [3.8, 4) is 11.4 Å². The second-order valence-corrected chi connectivity index (χ2v) is 4.35. The van der Waals surface area contributed by atoms with Gasteiger partial charge in [-0.15, -0.1) is 10.2 Å². The van der Waals surface area contributed by atoms with Crippen LogP contribution in [-0.4, -0.2) is 25.2 Å². The molecule has 0 bridgehead atoms. The first kappa shape index (κ1) is 11.8. The molecule has 6 heteroatoms. The maximum Gasteiger partial charge on any atom is 0.204 e. The molecule has 0 unspecified atom stereocenters. The van der Waals surface area contributed by atoms with Gasteiger partial charge in [0.2, 0.25) is 5.82 Å². The van der Waals surface area contributed by atoms with Crippen molar-refractivity contribution in [1.29, 1.82) is 0 Å². The van der Waals surface area contributed by atoms with E-state index in [2.05, 4.69) is 20.4 Å². The lowest BCUT2D eigenvalue weighted by atomic mass is 10.2. The van der Waals surface area contributed by atoms with Crippen LogP contribution in [0.25, 0.3) is 11.4 Å². The average Bonchev–Trinajstić information content (AvgIpc) is 2.88. The molecular formula is C13H10ClN5. The minimum Gasteiger partial charge on any atom is -0.239 e. The first-order valence-electron chi connectivity index (χ1n) is 5.76. The van der Waals surface area contributed by atoms with Crippen LogP contribution < -0.4 is 0 Å². The zero-order valence-electron chi connectivity index (χ0n) is 9.94. The van der Waals surface area contributed by atoms with Gasteiger partial charge in [0.05, 0.1) is 5.69 Å². The molecule has 2 aromatic heterocycles. The summed E-state index contributed by atoms with van der Waals surface area (Å²) in [6.07, 6.45) is 0. The van der Waals surface area contributed by atoms with E-state index in [4.69, 9.17) is 11.6 Å². The van der Waals surface area contributed by atoms with Crippen molar-refractivity contribution in [1.82, 2.24) is 25.2 Å². The number of aromatic nitrogens is 5. The lowest BCUT2D eigenvalue weighted by molar-refractivity contribution is 0.564. The first-order chi connectivity index (χ1) is 9.31. The third kappa shape index (κ3) is 2.77. The molecule has 0 atom stereocenters. The molecule has 0 fully saturated rings. The van der Waals surface area contributed by atoms with Gasteiger partial charge in [-0.3, -0.25) is 0 Å². The molecule has 1 aromatic carbocycles. The molecule has 94 valence electrons. The molecule has 0 radical (unpaired) electrons. The Labute approximate surface area is 114 Å². The summed E-state index contributed by atoms with van der Waals surface area (Å²) >= 11 is 5.84. The van der Waals surface area contributed by atoms with Crippen molar-refractivity contribution in [2.45, 2.75) is 6.54 Å². The summed E-state index contributed by atoms with van der Waals surface area (Å²) in [6.45, 7) is 0.445. The molecule has 0 saturated carbocycles. The van der Waals surface area contributed by atoms with E-state index in [9.17, 15) is 0 Å². The van der Waals surface area contributed by atoms with Crippen molar-refractivity contribution in [3.63, 3.8) is 0 Å². The molecule has 0 aliphatic rings. The number of pyridine rings is 1. The van der Waals surface area contributed by atoms with E-state index in [0.717, 1.165) is 11.3 Å². The molecule has 0 amide bonds. The number of hydrogen-bond acceptors (Lipinski definition) is 4. The van der Waals surface area contributed by atoms with Crippen LogP contribution in [0.1, 0.15) is 5.69 Å². The Morgan fingerprint density at radius 1 is 1.00 bits per heavy atom. The molecule has 5 nitrogen and oxygen atoms in total. The summed E-state index contributed by atoms with van der Waals surface area (Å²) in [5.41, 5.74) is 1.73. The molecule has 0 aliphatic carbocycles. The minimum absolute atomic E-state index is 0.445. The fraction of sp³-hybridized carbons (Fsp3) is 0.0769. The van der Waals surface area contributed by atoms with E-state index in [1.54, 1.807) is 6.07 Å². The molecule has 3 rings (SSSR count). The van der Waals surface area contributed by atoms with E-state index in [0.29, 0.717) is 17.5 Å². The molecule has 0 N–H and O–H groups in total. The zero-order valence-corrected chi connectivity index (χ0v) is 10.7. The fourth-order valence-electron chi connectivity index (χ4n) is 1.70. The summed E-state index contributed by atoms with van der Waals surface area (Å²) in [7, 11) is 0. The van der Waals surface area contributed by atoms with Crippen molar-refractivity contribution in [2.24, 2.45) is 0 Å². The van der Waals surface area contributed by atoms with Crippen molar-refractivity contribution >= 4 is 11.6 Å². The van der Waals surface area contributed by atoms with Gasteiger partial charge in [0.25, 0.3) is 0 Å². The number of rotatable bonds is 3. The van der Waals surface area contributed by atoms with Gasteiger partial charge in [0.1, 0.15) is 11.7 Å². The molecule has 0 spiro atoms. The second kappa shape index (κ2) is 5.16. The van der Waals surface area contributed by atoms with E-state index < -0.39 is 0 Å². The standard InChI is InChI=1S/C13H10ClN5/c14-12-8-4-7-11(15-12)9-19-17-13(16-18-19)10-5-2-1-3-6-10/h1-8H,9H2. The third-order valence-corrected chi connectivity index (χ3v) is 2.77. The van der Waals surface area contributed by atoms with Crippen molar-refractivity contribution < 1.29 is 0 Å². The lowest BCUT2D eigenvalue weighted by Crippen LogP contribution is -2.05. The number of halogens is 1. The van der Waals surface area contributed by atoms with Crippen molar-refractivity contribution in [3.05, 3.63) is 59.4 Å². The van der Waals surface area contributed by atoms with Gasteiger partial charge in [-0.25, -0.2) is 4.98 Å². The smallest absolute Gasteiger partial charge is 0.204 e. The Hall–Kier alpha value is -2.27. The number of nitrogens with zero attached hydrogens (tertiary/aromatic N) is 5. The fourth-order valence-corrected chi connectivity index (χ4v) is 1.88. The average molecular weight is 272 g/mol. The summed E-state index contributed by atoms with van der Waals surface area (Å²) in [5, 5.41) is 12.8. The van der Waals surface area contributed by atoms with Gasteiger partial charge < -0.3 is 0 Å². The Kier molecular flexibility index (Phi) is 3.20. The van der Waals surface area contributed by atoms with Crippen LogP contribution in [0.5, 0.6) is 0 Å². The SMILES string of the molecule is Clc1cccc(Cn2nnc(-c3ccccc3)n2)n1. The second-order valence-electron chi connectivity index (χ2n) is 3.96. The highest BCUT2D eigenvalue weighted by Gasteiger charge is 2.06. The summed E-state index contributed by atoms with van der Waals surface area (Å²) in [6, 6.07) is 15.2. The highest BCUT2D eigenvalue weighted by atomic mass is 35.5. The minimum atomic E-state index is 0.445. The summed E-state index contributed by atoms with van der Waals surface area (Å²) in [5.74, 6) is 0.600. The van der Waals surface area contributed by atoms with E-state index >= 15 is 0 Å². The van der Waals surface area contributed by atoms with E-state index in [1.807, 2.05) is 42.5 Å². The van der Waals surface area contributed by atoms with Crippen LogP contribution in [-0.2, 0) is 6.54 Å². The summed E-state index contributed by atoms with van der Waals surface area (Å²) < 4.78 is 0. The predicted octanol–water partition coefficient (Wildman–Crippen LogP) is 2.44. The topological polar surface area (TPSA) is 56.5 Å². The molecule has 2 heterocycles. The van der Waals surface area contributed by atoms with Crippen LogP contribution in [0.2, 0.25) is 5.15 Å². The largest absolute Gasteiger partial charge is 0.239 e. The first-order valence-corrected chi connectivity index (χ1v) is 6.14. The number of hydrogen-bond donors (Lipinski definition) is 0. The highest BCUT2D eigenvalue weighted by molar-refractivity contribution is 6.29. The third-order valence-electron chi connectivity index (χ3n) is 2.56. The van der Waals surface area contributed by atoms with Crippen molar-refractivity contribution in [2.75, 3.05) is 0 Å². The lowest BCUT2D eigenvalue weighted by Gasteiger charge is -1.98. The maximum atomic E-state index is 5.84. The van der Waals surface area contributed by atoms with Crippen LogP contribution in [0.15, 0.2) is 48.5 Å². The Bertz CT molecular complexity index is 680. The molecule has 19 heavy (non-hydrogen) atoms. The number of tetrazole rings is 1. The molecule has 0 saturated heterocycles. The van der Waals surface area contributed by atoms with Crippen LogP contribution >= 0.6 is 11.6 Å². The van der Waals surface area contributed by atoms with E-state index in [1.165, 1.54) is 4.80 Å². The Morgan fingerprint density at radius 2 is 1.84 bits per heavy atom. The van der Waals surface area contributed by atoms with Crippen LogP contribution in [0.4, 0.5) is 0 Å². The van der Waals surface area contributed by atoms with Gasteiger partial charge in [0.15, 0.2) is 0 Å². The Balaban J connectivity index is 1.82. The van der Waals surface area contributed by atoms with Gasteiger partial charge >= 0.3 is 0 Å². The highest BCUT2D eigenvalue weighted by Crippen LogP contribution is 2.12. The predicted molar refractivity (Wildman–Crippen MR) is 71.6 cm³/mol. The van der Waals surface area contributed by atoms with Crippen LogP contribution in [0, 0.1) is 0 Å². The monoisotopic (exact) mass is 271 g/mol. The quantitative estimate of drug-likeness (QED) is 0.687. The van der Waals surface area contributed by atoms with Gasteiger partial charge in [-0.05, 0) is 17.3 Å². The van der Waals surface area contributed by atoms with Gasteiger partial charge in [0, 0.05) is 5.56 Å². The zero-order chi connectivity index (χ0) is 13.1. The Morgan fingerprint density at radius 3 is 2.63 bits per heavy atom. The molecule has 0 aliphatic heterocycles. The van der Waals surface area contributed by atoms with Gasteiger partial charge in [-0.2, -0.15) is 4.80 Å². The summed E-state index contributed by atoms with van der Waals surface area (Å²) in [4.78, 5) is 5.69. The van der Waals surface area contributed by atoms with E-state index in [-0.39, 0.29) is 0 Å². The molecular weight excluding hydrogens is 262 g/mol. The van der Waals surface area contributed by atoms with Crippen LogP contribution in [0.3, 0.4) is 0 Å². The normalized spacial score (nSPS) is 10.6.